The van der Waals surface area contributed by atoms with Crippen LogP contribution in [0.15, 0.2) is 24.3 Å². The third-order valence-corrected chi connectivity index (χ3v) is 5.08. The number of hydrogen-bond acceptors (Lipinski definition) is 7. The molecule has 2 aliphatic rings. The Hall–Kier alpha value is -1.87. The number of nitrogens with one attached hydrogen (secondary N) is 1. The van der Waals surface area contributed by atoms with Crippen LogP contribution in [-0.4, -0.2) is 87.1 Å². The Morgan fingerprint density at radius 1 is 1.12 bits per heavy atom. The van der Waals surface area contributed by atoms with Crippen LogP contribution in [0.2, 0.25) is 0 Å². The van der Waals surface area contributed by atoms with Gasteiger partial charge in [0.1, 0.15) is 0 Å². The molecule has 2 saturated heterocycles. The predicted octanol–water partition coefficient (Wildman–Crippen LogP) is 0.134. The molecule has 25 heavy (non-hydrogen) atoms. The van der Waals surface area contributed by atoms with Gasteiger partial charge in [-0.25, -0.2) is 0 Å². The van der Waals surface area contributed by atoms with Gasteiger partial charge in [0.05, 0.1) is 25.4 Å². The summed E-state index contributed by atoms with van der Waals surface area (Å²) in [6.07, 6.45) is 0.772. The summed E-state index contributed by atoms with van der Waals surface area (Å²) >= 11 is 0. The molecule has 2 fully saturated rings. The van der Waals surface area contributed by atoms with Crippen LogP contribution in [0.3, 0.4) is 0 Å². The van der Waals surface area contributed by atoms with E-state index >= 15 is 0 Å². The summed E-state index contributed by atoms with van der Waals surface area (Å²) < 4.78 is 5.41. The number of nitrogens with zero attached hydrogens (tertiary/aromatic N) is 5. The molecule has 2 aromatic rings. The summed E-state index contributed by atoms with van der Waals surface area (Å²) in [7, 11) is 0. The van der Waals surface area contributed by atoms with E-state index in [4.69, 9.17) is 4.74 Å². The molecular formula is C17H24N6O2. The van der Waals surface area contributed by atoms with Crippen molar-refractivity contribution in [1.82, 2.24) is 30.4 Å². The van der Waals surface area contributed by atoms with Gasteiger partial charge in [0.2, 0.25) is 5.82 Å². The molecule has 0 saturated carbocycles. The third kappa shape index (κ3) is 3.87. The highest BCUT2D eigenvalue weighted by Crippen LogP contribution is 2.18. The lowest BCUT2D eigenvalue weighted by atomic mass is 10.1. The van der Waals surface area contributed by atoms with Crippen molar-refractivity contribution in [2.45, 2.75) is 25.1 Å². The SMILES string of the molecule is O[C@@H]1COC[C@H]1N1CCCN(Cc2ccc(-c3nn[nH]n3)cc2)CC1. The summed E-state index contributed by atoms with van der Waals surface area (Å²) in [5, 5.41) is 24.1. The monoisotopic (exact) mass is 344 g/mol. The summed E-state index contributed by atoms with van der Waals surface area (Å²) in [6.45, 7) is 6.15. The Labute approximate surface area is 146 Å². The molecule has 0 bridgehead atoms. The fourth-order valence-electron chi connectivity index (χ4n) is 3.66. The van der Waals surface area contributed by atoms with Crippen LogP contribution in [0.1, 0.15) is 12.0 Å². The topological polar surface area (TPSA) is 90.4 Å². The van der Waals surface area contributed by atoms with E-state index in [2.05, 4.69) is 42.6 Å². The maximum absolute atomic E-state index is 10.0. The number of rotatable bonds is 4. The van der Waals surface area contributed by atoms with E-state index in [0.717, 1.165) is 44.7 Å². The largest absolute Gasteiger partial charge is 0.389 e. The van der Waals surface area contributed by atoms with Crippen molar-refractivity contribution in [1.29, 1.82) is 0 Å². The van der Waals surface area contributed by atoms with Crippen LogP contribution in [0, 0.1) is 0 Å². The van der Waals surface area contributed by atoms with E-state index < -0.39 is 0 Å². The molecule has 4 rings (SSSR count). The average Bonchev–Trinajstić information content (AvgIpc) is 3.25. The Balaban J connectivity index is 1.33. The number of H-pyrrole nitrogens is 1. The summed E-state index contributed by atoms with van der Waals surface area (Å²) in [4.78, 5) is 4.86. The molecule has 1 aromatic heterocycles. The van der Waals surface area contributed by atoms with Gasteiger partial charge in [-0.3, -0.25) is 9.80 Å². The van der Waals surface area contributed by atoms with E-state index in [1.165, 1.54) is 5.56 Å². The van der Waals surface area contributed by atoms with E-state index in [9.17, 15) is 5.11 Å². The van der Waals surface area contributed by atoms with E-state index in [1.807, 2.05) is 12.1 Å². The fourth-order valence-corrected chi connectivity index (χ4v) is 3.66. The van der Waals surface area contributed by atoms with Gasteiger partial charge in [-0.15, -0.1) is 10.2 Å². The summed E-state index contributed by atoms with van der Waals surface area (Å²) in [6, 6.07) is 8.49. The molecule has 0 aliphatic carbocycles. The number of aliphatic hydroxyl groups is 1. The third-order valence-electron chi connectivity index (χ3n) is 5.08. The van der Waals surface area contributed by atoms with Gasteiger partial charge in [-0.2, -0.15) is 5.21 Å². The minimum absolute atomic E-state index is 0.161. The normalized spacial score (nSPS) is 26.0. The minimum Gasteiger partial charge on any atom is -0.389 e. The zero-order chi connectivity index (χ0) is 17.1. The summed E-state index contributed by atoms with van der Waals surface area (Å²) in [5.41, 5.74) is 2.25. The Morgan fingerprint density at radius 3 is 2.72 bits per heavy atom. The fraction of sp³-hybridized carbons (Fsp3) is 0.588. The molecule has 0 spiro atoms. The maximum Gasteiger partial charge on any atom is 0.204 e. The van der Waals surface area contributed by atoms with Crippen molar-refractivity contribution in [2.24, 2.45) is 0 Å². The standard InChI is InChI=1S/C17H24N6O2/c24-16-12-25-11-15(16)23-7-1-6-22(8-9-23)10-13-2-4-14(5-3-13)17-18-20-21-19-17/h2-5,15-16,24H,1,6-12H2,(H,18,19,20,21)/t15-,16-/m1/s1. The zero-order valence-electron chi connectivity index (χ0n) is 14.2. The number of aromatic amines is 1. The molecule has 0 radical (unpaired) electrons. The van der Waals surface area contributed by atoms with E-state index in [-0.39, 0.29) is 12.1 Å². The zero-order valence-corrected chi connectivity index (χ0v) is 14.2. The minimum atomic E-state index is -0.343. The quantitative estimate of drug-likeness (QED) is 0.815. The van der Waals surface area contributed by atoms with E-state index in [0.29, 0.717) is 19.0 Å². The molecule has 0 unspecified atom stereocenters. The van der Waals surface area contributed by atoms with Gasteiger partial charge >= 0.3 is 0 Å². The van der Waals surface area contributed by atoms with Gasteiger partial charge in [-0.1, -0.05) is 24.3 Å². The predicted molar refractivity (Wildman–Crippen MR) is 91.7 cm³/mol. The van der Waals surface area contributed by atoms with Gasteiger partial charge in [0.25, 0.3) is 0 Å². The lowest BCUT2D eigenvalue weighted by Gasteiger charge is -2.28. The lowest BCUT2D eigenvalue weighted by molar-refractivity contribution is 0.0837. The number of hydrogen-bond donors (Lipinski definition) is 2. The van der Waals surface area contributed by atoms with Crippen molar-refractivity contribution in [3.8, 4) is 11.4 Å². The molecule has 0 amide bonds. The molecule has 8 heteroatoms. The number of benzene rings is 1. The first-order valence-corrected chi connectivity index (χ1v) is 8.84. The van der Waals surface area contributed by atoms with Crippen LogP contribution >= 0.6 is 0 Å². The molecule has 2 atom stereocenters. The highest BCUT2D eigenvalue weighted by Gasteiger charge is 2.32. The first-order valence-electron chi connectivity index (χ1n) is 8.84. The second kappa shape index (κ2) is 7.57. The van der Waals surface area contributed by atoms with Crippen molar-refractivity contribution >= 4 is 0 Å². The smallest absolute Gasteiger partial charge is 0.204 e. The van der Waals surface area contributed by atoms with Crippen LogP contribution in [0.4, 0.5) is 0 Å². The Bertz CT molecular complexity index is 662. The highest BCUT2D eigenvalue weighted by atomic mass is 16.5. The molecule has 2 aliphatic heterocycles. The first kappa shape index (κ1) is 16.6. The molecular weight excluding hydrogens is 320 g/mol. The van der Waals surface area contributed by atoms with Crippen molar-refractivity contribution in [2.75, 3.05) is 39.4 Å². The molecule has 3 heterocycles. The average molecular weight is 344 g/mol. The van der Waals surface area contributed by atoms with Gasteiger partial charge in [0.15, 0.2) is 0 Å². The van der Waals surface area contributed by atoms with Crippen molar-refractivity contribution in [3.05, 3.63) is 29.8 Å². The van der Waals surface area contributed by atoms with Gasteiger partial charge < -0.3 is 9.84 Å². The molecule has 1 aromatic carbocycles. The van der Waals surface area contributed by atoms with Crippen LogP contribution < -0.4 is 0 Å². The number of tetrazole rings is 1. The van der Waals surface area contributed by atoms with Crippen molar-refractivity contribution in [3.63, 3.8) is 0 Å². The Morgan fingerprint density at radius 2 is 2.00 bits per heavy atom. The molecule has 134 valence electrons. The van der Waals surface area contributed by atoms with Gasteiger partial charge in [0, 0.05) is 25.2 Å². The second-order valence-corrected chi connectivity index (χ2v) is 6.77. The second-order valence-electron chi connectivity index (χ2n) is 6.77. The molecule has 2 N–H and O–H groups in total. The van der Waals surface area contributed by atoms with Crippen LogP contribution in [0.5, 0.6) is 0 Å². The molecule has 8 nitrogen and oxygen atoms in total. The van der Waals surface area contributed by atoms with Crippen LogP contribution in [-0.2, 0) is 11.3 Å². The van der Waals surface area contributed by atoms with E-state index in [1.54, 1.807) is 0 Å². The maximum atomic E-state index is 10.0. The number of aliphatic hydroxyl groups excluding tert-OH is 1. The lowest BCUT2D eigenvalue weighted by Crippen LogP contribution is -2.44. The number of ether oxygens (including phenoxy) is 1. The summed E-state index contributed by atoms with van der Waals surface area (Å²) in [5.74, 6) is 0.620. The van der Waals surface area contributed by atoms with Crippen molar-refractivity contribution < 1.29 is 9.84 Å². The van der Waals surface area contributed by atoms with Crippen LogP contribution in [0.25, 0.3) is 11.4 Å². The number of aromatic nitrogens is 4. The highest BCUT2D eigenvalue weighted by molar-refractivity contribution is 5.54. The first-order chi connectivity index (χ1) is 12.3. The van der Waals surface area contributed by atoms with Gasteiger partial charge in [-0.05, 0) is 30.3 Å². The Kier molecular flexibility index (Phi) is 5.02.